The zero-order chi connectivity index (χ0) is 37.8. The lowest BCUT2D eigenvalue weighted by atomic mass is 9.81. The first-order valence-electron chi connectivity index (χ1n) is 17.9. The summed E-state index contributed by atoms with van der Waals surface area (Å²) in [6.45, 7) is 17.5. The lowest BCUT2D eigenvalue weighted by Gasteiger charge is -2.35. The Bertz CT molecular complexity index is 1960. The Labute approximate surface area is 305 Å². The summed E-state index contributed by atoms with van der Waals surface area (Å²) in [5.74, 6) is 1.36. The van der Waals surface area contributed by atoms with Crippen molar-refractivity contribution < 1.29 is 19.1 Å². The summed E-state index contributed by atoms with van der Waals surface area (Å²) < 4.78 is 8.44. The number of urea groups is 1. The van der Waals surface area contributed by atoms with Crippen LogP contribution < -0.4 is 20.7 Å². The van der Waals surface area contributed by atoms with E-state index in [0.717, 1.165) is 30.9 Å². The van der Waals surface area contributed by atoms with Crippen molar-refractivity contribution in [2.75, 3.05) is 25.5 Å². The fraction of sp³-hybridized carbons (Fsp3) is 0.462. The molecule has 52 heavy (non-hydrogen) atoms. The molecule has 4 aromatic rings. The van der Waals surface area contributed by atoms with E-state index >= 15 is 0 Å². The highest BCUT2D eigenvalue weighted by Gasteiger charge is 2.38. The number of hydrogen-bond donors (Lipinski definition) is 3. The predicted molar refractivity (Wildman–Crippen MR) is 201 cm³/mol. The molecule has 0 saturated carbocycles. The van der Waals surface area contributed by atoms with Gasteiger partial charge in [0.2, 0.25) is 5.82 Å². The number of aldehydes is 1. The third-order valence-electron chi connectivity index (χ3n) is 9.90. The zero-order valence-corrected chi connectivity index (χ0v) is 31.7. The number of rotatable bonds is 13. The number of anilines is 1. The third-order valence-corrected chi connectivity index (χ3v) is 9.90. The number of pyridine rings is 1. The topological polar surface area (TPSA) is 156 Å². The van der Waals surface area contributed by atoms with Gasteiger partial charge in [-0.3, -0.25) is 24.2 Å². The van der Waals surface area contributed by atoms with Crippen molar-refractivity contribution in [2.24, 2.45) is 0 Å². The summed E-state index contributed by atoms with van der Waals surface area (Å²) in [7, 11) is 1.99. The zero-order valence-electron chi connectivity index (χ0n) is 31.7. The summed E-state index contributed by atoms with van der Waals surface area (Å²) in [5.41, 5.74) is 0.327. The maximum atomic E-state index is 13.6. The van der Waals surface area contributed by atoms with Crippen LogP contribution in [0.2, 0.25) is 0 Å². The predicted octanol–water partition coefficient (Wildman–Crippen LogP) is 6.09. The fourth-order valence-electron chi connectivity index (χ4n) is 6.21. The molecule has 3 aromatic heterocycles. The number of hydrogen-bond acceptors (Lipinski definition) is 9. The molecule has 13 heteroatoms. The van der Waals surface area contributed by atoms with E-state index in [2.05, 4.69) is 61.8 Å². The van der Waals surface area contributed by atoms with E-state index in [1.54, 1.807) is 24.3 Å². The molecule has 0 saturated heterocycles. The first-order valence-corrected chi connectivity index (χ1v) is 17.9. The van der Waals surface area contributed by atoms with Crippen LogP contribution in [0.5, 0.6) is 5.75 Å². The first-order chi connectivity index (χ1) is 24.6. The van der Waals surface area contributed by atoms with Crippen molar-refractivity contribution in [3.8, 4) is 5.75 Å². The monoisotopic (exact) mass is 709 g/mol. The molecule has 0 spiro atoms. The Kier molecular flexibility index (Phi) is 11.1. The van der Waals surface area contributed by atoms with E-state index in [9.17, 15) is 14.4 Å². The van der Waals surface area contributed by atoms with Gasteiger partial charge in [-0.05, 0) is 70.1 Å². The van der Waals surface area contributed by atoms with E-state index < -0.39 is 29.0 Å². The molecule has 2 atom stereocenters. The van der Waals surface area contributed by atoms with Gasteiger partial charge >= 0.3 is 6.03 Å². The maximum Gasteiger partial charge on any atom is 0.321 e. The molecule has 0 aliphatic heterocycles. The molecule has 0 radical (unpaired) electrons. The van der Waals surface area contributed by atoms with Crippen molar-refractivity contribution in [2.45, 2.75) is 96.7 Å². The van der Waals surface area contributed by atoms with Gasteiger partial charge in [0.15, 0.2) is 11.9 Å². The van der Waals surface area contributed by atoms with Crippen LogP contribution in [0, 0.1) is 0 Å². The Morgan fingerprint density at radius 1 is 1.04 bits per heavy atom. The standard InChI is InChI=1S/C39H51N9O4/c1-10-25(11-2)34-46-45-32-18-17-26(22-48(32)34)52-29-19-20-39(24-49,28-16-14-13-15-27(28)29)44-36(51)43-31-21-30(37(4,5)6)41-33(42-31)35(50)40-23-38(7,8)47(9)12-3/h13-22,24-25,29H,10-12,23H2,1-9H3,(H,40,50)(H2,41,42,43,44,51)/t29-,39-/m1/s1. The fourth-order valence-corrected chi connectivity index (χ4v) is 6.21. The SMILES string of the molecule is CCC(CC)c1nnc2ccc(O[C@@H]3C=C[C@](C=O)(NC(=O)Nc4cc(C(C)(C)C)nc(C(=O)NCC(C)(C)N(C)CC)n4)c4ccccc43)cn12. The molecule has 1 aliphatic carbocycles. The smallest absolute Gasteiger partial charge is 0.321 e. The molecular weight excluding hydrogens is 658 g/mol. The first kappa shape index (κ1) is 38.1. The average Bonchev–Trinajstić information content (AvgIpc) is 3.54. The van der Waals surface area contributed by atoms with Gasteiger partial charge in [0.1, 0.15) is 29.0 Å². The molecule has 3 heterocycles. The van der Waals surface area contributed by atoms with Gasteiger partial charge in [0.05, 0.1) is 11.9 Å². The number of likely N-dealkylation sites (N-methyl/N-ethyl adjacent to an activating group) is 1. The Morgan fingerprint density at radius 2 is 1.77 bits per heavy atom. The number of ether oxygens (including phenoxy) is 1. The van der Waals surface area contributed by atoms with Gasteiger partial charge in [0.25, 0.3) is 5.91 Å². The van der Waals surface area contributed by atoms with Gasteiger partial charge in [0, 0.05) is 35.0 Å². The molecule has 0 bridgehead atoms. The molecule has 5 rings (SSSR count). The minimum absolute atomic E-state index is 0.0673. The van der Waals surface area contributed by atoms with Crippen LogP contribution in [0.4, 0.5) is 10.6 Å². The lowest BCUT2D eigenvalue weighted by Crippen LogP contribution is -2.50. The van der Waals surface area contributed by atoms with Gasteiger partial charge in [-0.15, -0.1) is 10.2 Å². The molecule has 276 valence electrons. The van der Waals surface area contributed by atoms with Crippen LogP contribution in [0.3, 0.4) is 0 Å². The van der Waals surface area contributed by atoms with Crippen LogP contribution >= 0.6 is 0 Å². The lowest BCUT2D eigenvalue weighted by molar-refractivity contribution is -0.111. The molecule has 0 fully saturated rings. The summed E-state index contributed by atoms with van der Waals surface area (Å²) >= 11 is 0. The number of carbonyl (C=O) groups excluding carboxylic acids is 3. The van der Waals surface area contributed by atoms with Crippen molar-refractivity contribution in [1.82, 2.24) is 40.1 Å². The molecule has 0 unspecified atom stereocenters. The second kappa shape index (κ2) is 15.2. The summed E-state index contributed by atoms with van der Waals surface area (Å²) in [4.78, 5) is 50.9. The quantitative estimate of drug-likeness (QED) is 0.111. The van der Waals surface area contributed by atoms with E-state index in [0.29, 0.717) is 35.4 Å². The summed E-state index contributed by atoms with van der Waals surface area (Å²) in [5, 5.41) is 17.3. The highest BCUT2D eigenvalue weighted by atomic mass is 16.5. The highest BCUT2D eigenvalue weighted by molar-refractivity contribution is 5.94. The van der Waals surface area contributed by atoms with E-state index in [1.165, 1.54) is 0 Å². The number of nitrogens with one attached hydrogen (secondary N) is 3. The average molecular weight is 710 g/mol. The summed E-state index contributed by atoms with van der Waals surface area (Å²) in [6, 6.07) is 12.0. The van der Waals surface area contributed by atoms with E-state index in [1.807, 2.05) is 82.6 Å². The number of aromatic nitrogens is 5. The molecule has 1 aliphatic rings. The van der Waals surface area contributed by atoms with Crippen LogP contribution in [0.15, 0.2) is 60.8 Å². The van der Waals surface area contributed by atoms with E-state index in [4.69, 9.17) is 4.74 Å². The number of carbonyl (C=O) groups is 3. The number of benzene rings is 1. The molecule has 3 N–H and O–H groups in total. The minimum Gasteiger partial charge on any atom is -0.480 e. The number of nitrogens with zero attached hydrogens (tertiary/aromatic N) is 6. The Morgan fingerprint density at radius 3 is 2.44 bits per heavy atom. The maximum absolute atomic E-state index is 13.6. The Hall–Kier alpha value is -5.17. The minimum atomic E-state index is -1.50. The molecule has 13 nitrogen and oxygen atoms in total. The van der Waals surface area contributed by atoms with Gasteiger partial charge < -0.3 is 15.4 Å². The van der Waals surface area contributed by atoms with Gasteiger partial charge in [-0.25, -0.2) is 14.8 Å². The second-order valence-electron chi connectivity index (χ2n) is 14.9. The molecule has 1 aromatic carbocycles. The van der Waals surface area contributed by atoms with Gasteiger partial charge in [-0.2, -0.15) is 0 Å². The molecular formula is C39H51N9O4. The number of amides is 3. The van der Waals surface area contributed by atoms with Crippen LogP contribution in [-0.4, -0.2) is 73.4 Å². The highest BCUT2D eigenvalue weighted by Crippen LogP contribution is 2.37. The third kappa shape index (κ3) is 7.99. The van der Waals surface area contributed by atoms with E-state index in [-0.39, 0.29) is 23.1 Å². The van der Waals surface area contributed by atoms with Crippen LogP contribution in [0.1, 0.15) is 114 Å². The van der Waals surface area contributed by atoms with Crippen molar-refractivity contribution in [3.05, 3.63) is 89.3 Å². The molecule has 3 amide bonds. The van der Waals surface area contributed by atoms with Crippen molar-refractivity contribution in [3.63, 3.8) is 0 Å². The summed E-state index contributed by atoms with van der Waals surface area (Å²) in [6.07, 6.45) is 7.31. The normalized spacial score (nSPS) is 17.2. The van der Waals surface area contributed by atoms with Crippen molar-refractivity contribution in [1.29, 1.82) is 0 Å². The van der Waals surface area contributed by atoms with Gasteiger partial charge in [-0.1, -0.05) is 65.8 Å². The van der Waals surface area contributed by atoms with Crippen LogP contribution in [0.25, 0.3) is 5.65 Å². The second-order valence-corrected chi connectivity index (χ2v) is 14.9. The Balaban J connectivity index is 1.38. The van der Waals surface area contributed by atoms with Crippen LogP contribution in [-0.2, 0) is 15.7 Å². The number of fused-ring (bicyclic) bond motifs is 2. The largest absolute Gasteiger partial charge is 0.480 e. The van der Waals surface area contributed by atoms with Crippen molar-refractivity contribution >= 4 is 29.7 Å².